The lowest BCUT2D eigenvalue weighted by atomic mass is 10.1. The monoisotopic (exact) mass is 111 g/mol. The molecule has 0 aromatic heterocycles. The summed E-state index contributed by atoms with van der Waals surface area (Å²) < 4.78 is 0. The lowest BCUT2D eigenvalue weighted by molar-refractivity contribution is 0.381. The van der Waals surface area contributed by atoms with Crippen molar-refractivity contribution in [2.75, 3.05) is 0 Å². The fourth-order valence-electron chi connectivity index (χ4n) is 0.671. The lowest BCUT2D eigenvalue weighted by Crippen LogP contribution is -2.02. The molecule has 1 rings (SSSR count). The Bertz CT molecular complexity index is 147. The zero-order valence-corrected chi connectivity index (χ0v) is 4.59. The molecule has 0 heterocycles. The fourth-order valence-corrected chi connectivity index (χ4v) is 0.671. The summed E-state index contributed by atoms with van der Waals surface area (Å²) >= 11 is 0. The van der Waals surface area contributed by atoms with Crippen LogP contribution in [-0.2, 0) is 0 Å². The molecule has 2 nitrogen and oxygen atoms in total. The van der Waals surface area contributed by atoms with E-state index in [0.29, 0.717) is 17.9 Å². The molecule has 0 saturated heterocycles. The third-order valence-corrected chi connectivity index (χ3v) is 1.18. The topological polar surface area (TPSA) is 46.2 Å². The molecule has 0 saturated carbocycles. The molecule has 0 unspecified atom stereocenters. The molecule has 2 heteroatoms. The Morgan fingerprint density at radius 1 is 1.62 bits per heavy atom. The molecule has 0 aromatic carbocycles. The fraction of sp³-hybridized carbons (Fsp3) is 0.333. The number of nitrogens with two attached hydrogens (primary N) is 1. The largest absolute Gasteiger partial charge is 0.510 e. The maximum atomic E-state index is 8.88. The van der Waals surface area contributed by atoms with E-state index in [2.05, 4.69) is 0 Å². The smallest absolute Gasteiger partial charge is 0.115 e. The van der Waals surface area contributed by atoms with Crippen LogP contribution in [-0.4, -0.2) is 5.11 Å². The summed E-state index contributed by atoms with van der Waals surface area (Å²) in [6.45, 7) is 0. The first-order valence-electron chi connectivity index (χ1n) is 2.65. The second-order valence-corrected chi connectivity index (χ2v) is 1.84. The van der Waals surface area contributed by atoms with Gasteiger partial charge >= 0.3 is 0 Å². The van der Waals surface area contributed by atoms with Gasteiger partial charge in [0.1, 0.15) is 5.76 Å². The van der Waals surface area contributed by atoms with E-state index < -0.39 is 0 Å². The second-order valence-electron chi connectivity index (χ2n) is 1.84. The summed E-state index contributed by atoms with van der Waals surface area (Å²) in [5.74, 6) is 0.326. The van der Waals surface area contributed by atoms with Crippen molar-refractivity contribution in [3.8, 4) is 0 Å². The molecular weight excluding hydrogens is 102 g/mol. The summed E-state index contributed by atoms with van der Waals surface area (Å²) in [7, 11) is 0. The van der Waals surface area contributed by atoms with Crippen LogP contribution >= 0.6 is 0 Å². The van der Waals surface area contributed by atoms with E-state index in [4.69, 9.17) is 10.8 Å². The van der Waals surface area contributed by atoms with E-state index in [9.17, 15) is 0 Å². The number of aliphatic hydroxyl groups excluding tert-OH is 1. The van der Waals surface area contributed by atoms with Crippen LogP contribution in [0.15, 0.2) is 23.6 Å². The van der Waals surface area contributed by atoms with E-state index >= 15 is 0 Å². The summed E-state index contributed by atoms with van der Waals surface area (Å²) in [4.78, 5) is 0. The molecule has 0 amide bonds. The van der Waals surface area contributed by atoms with Gasteiger partial charge in [0.05, 0.1) is 5.70 Å². The van der Waals surface area contributed by atoms with Crippen LogP contribution in [0.5, 0.6) is 0 Å². The first-order valence-corrected chi connectivity index (χ1v) is 2.65. The molecule has 3 N–H and O–H groups in total. The predicted molar refractivity (Wildman–Crippen MR) is 32.2 cm³/mol. The molecule has 0 radical (unpaired) electrons. The Kier molecular flexibility index (Phi) is 1.24. The highest BCUT2D eigenvalue weighted by Crippen LogP contribution is 2.11. The molecule has 0 spiro atoms. The predicted octanol–water partition coefficient (Wildman–Crippen LogP) is 1.06. The van der Waals surface area contributed by atoms with E-state index in [1.165, 1.54) is 0 Å². The molecule has 0 bridgehead atoms. The van der Waals surface area contributed by atoms with Crippen molar-refractivity contribution in [3.63, 3.8) is 0 Å². The van der Waals surface area contributed by atoms with Crippen LogP contribution < -0.4 is 5.73 Å². The maximum Gasteiger partial charge on any atom is 0.115 e. The van der Waals surface area contributed by atoms with Crippen LogP contribution in [0.4, 0.5) is 0 Å². The summed E-state index contributed by atoms with van der Waals surface area (Å²) in [5.41, 5.74) is 5.83. The lowest BCUT2D eigenvalue weighted by Gasteiger charge is -2.04. The molecule has 0 aliphatic heterocycles. The van der Waals surface area contributed by atoms with E-state index in [1.54, 1.807) is 6.08 Å². The summed E-state index contributed by atoms with van der Waals surface area (Å²) in [5, 5.41) is 8.88. The average Bonchev–Trinajstić information content (AvgIpc) is 1.77. The zero-order chi connectivity index (χ0) is 5.98. The minimum Gasteiger partial charge on any atom is -0.510 e. The standard InChI is InChI=1S/C6H9NO/c7-5-3-1-2-4-6(5)8/h1,3,8H,2,4,7H2. The van der Waals surface area contributed by atoms with Crippen molar-refractivity contribution in [3.05, 3.63) is 23.6 Å². The second kappa shape index (κ2) is 1.90. The third kappa shape index (κ3) is 0.832. The van der Waals surface area contributed by atoms with E-state index in [-0.39, 0.29) is 0 Å². The summed E-state index contributed by atoms with van der Waals surface area (Å²) in [6.07, 6.45) is 5.29. The van der Waals surface area contributed by atoms with E-state index in [1.807, 2.05) is 6.08 Å². The van der Waals surface area contributed by atoms with Crippen LogP contribution in [0, 0.1) is 0 Å². The van der Waals surface area contributed by atoms with Crippen molar-refractivity contribution in [2.45, 2.75) is 12.8 Å². The van der Waals surface area contributed by atoms with Crippen molar-refractivity contribution in [1.82, 2.24) is 0 Å². The Morgan fingerprint density at radius 3 is 2.75 bits per heavy atom. The maximum absolute atomic E-state index is 8.88. The third-order valence-electron chi connectivity index (χ3n) is 1.18. The molecule has 0 atom stereocenters. The quantitative estimate of drug-likeness (QED) is 0.491. The summed E-state index contributed by atoms with van der Waals surface area (Å²) in [6, 6.07) is 0. The van der Waals surface area contributed by atoms with E-state index in [0.717, 1.165) is 6.42 Å². The minimum absolute atomic E-state index is 0.326. The highest BCUT2D eigenvalue weighted by Gasteiger charge is 2.00. The molecular formula is C6H9NO. The van der Waals surface area contributed by atoms with Crippen molar-refractivity contribution >= 4 is 0 Å². The highest BCUT2D eigenvalue weighted by molar-refractivity contribution is 5.21. The van der Waals surface area contributed by atoms with Crippen LogP contribution in [0.1, 0.15) is 12.8 Å². The number of hydrogen-bond acceptors (Lipinski definition) is 2. The average molecular weight is 111 g/mol. The number of aliphatic hydroxyl groups is 1. The van der Waals surface area contributed by atoms with Gasteiger partial charge in [-0.15, -0.1) is 0 Å². The molecule has 1 aliphatic rings. The number of rotatable bonds is 0. The molecule has 8 heavy (non-hydrogen) atoms. The molecule has 44 valence electrons. The Hall–Kier alpha value is -0.920. The van der Waals surface area contributed by atoms with Crippen LogP contribution in [0.25, 0.3) is 0 Å². The van der Waals surface area contributed by atoms with Crippen LogP contribution in [0.2, 0.25) is 0 Å². The van der Waals surface area contributed by atoms with Gasteiger partial charge in [0.15, 0.2) is 0 Å². The van der Waals surface area contributed by atoms with Gasteiger partial charge in [-0.25, -0.2) is 0 Å². The molecule has 0 aromatic rings. The van der Waals surface area contributed by atoms with Gasteiger partial charge in [-0.1, -0.05) is 6.08 Å². The van der Waals surface area contributed by atoms with Gasteiger partial charge in [-0.3, -0.25) is 0 Å². The van der Waals surface area contributed by atoms with Gasteiger partial charge < -0.3 is 10.8 Å². The van der Waals surface area contributed by atoms with Crippen LogP contribution in [0.3, 0.4) is 0 Å². The van der Waals surface area contributed by atoms with Gasteiger partial charge in [0.25, 0.3) is 0 Å². The number of hydrogen-bond donors (Lipinski definition) is 2. The van der Waals surface area contributed by atoms with Crippen molar-refractivity contribution in [1.29, 1.82) is 0 Å². The Balaban J connectivity index is 2.76. The Morgan fingerprint density at radius 2 is 2.38 bits per heavy atom. The van der Waals surface area contributed by atoms with Gasteiger partial charge in [-0.2, -0.15) is 0 Å². The minimum atomic E-state index is 0.326. The van der Waals surface area contributed by atoms with Gasteiger partial charge in [0, 0.05) is 6.42 Å². The first kappa shape index (κ1) is 5.22. The Labute approximate surface area is 48.3 Å². The van der Waals surface area contributed by atoms with Gasteiger partial charge in [0.2, 0.25) is 0 Å². The molecule has 0 fully saturated rings. The zero-order valence-electron chi connectivity index (χ0n) is 4.59. The highest BCUT2D eigenvalue weighted by atomic mass is 16.3. The molecule has 1 aliphatic carbocycles. The van der Waals surface area contributed by atoms with Crippen molar-refractivity contribution in [2.24, 2.45) is 5.73 Å². The first-order chi connectivity index (χ1) is 3.80. The number of allylic oxidation sites excluding steroid dienone is 3. The SMILES string of the molecule is NC1=C(O)CCC=C1. The van der Waals surface area contributed by atoms with Crippen molar-refractivity contribution < 1.29 is 5.11 Å². The van der Waals surface area contributed by atoms with Gasteiger partial charge in [-0.05, 0) is 12.5 Å². The normalized spacial score (nSPS) is 19.5.